The van der Waals surface area contributed by atoms with E-state index in [0.29, 0.717) is 48.9 Å². The van der Waals surface area contributed by atoms with E-state index in [9.17, 15) is 28.4 Å². The highest BCUT2D eigenvalue weighted by molar-refractivity contribution is 7.91. The van der Waals surface area contributed by atoms with E-state index in [-0.39, 0.29) is 22.5 Å². The number of unbranched alkanes of at least 4 members (excludes halogenated alkanes) is 1. The lowest BCUT2D eigenvalue weighted by Gasteiger charge is -2.23. The number of nitrogens with one attached hydrogen (secondary N) is 1. The first-order chi connectivity index (χ1) is 20.2. The first kappa shape index (κ1) is 29.0. The van der Waals surface area contributed by atoms with Crippen LogP contribution in [0.1, 0.15) is 74.0 Å². The number of amides is 1. The van der Waals surface area contributed by atoms with Gasteiger partial charge in [-0.3, -0.25) is 14.2 Å². The molecule has 0 fully saturated rings. The number of nitriles is 1. The van der Waals surface area contributed by atoms with Crippen LogP contribution in [0.3, 0.4) is 0 Å². The first-order valence-electron chi connectivity index (χ1n) is 14.1. The number of carbonyl (C=O) groups excluding carboxylic acids is 1. The third kappa shape index (κ3) is 5.16. The van der Waals surface area contributed by atoms with Gasteiger partial charge in [0.15, 0.2) is 4.90 Å². The Morgan fingerprint density at radius 3 is 2.62 bits per heavy atom. The second-order valence-electron chi connectivity index (χ2n) is 10.5. The first-order valence-corrected chi connectivity index (χ1v) is 15.6. The minimum Gasteiger partial charge on any atom is -0.492 e. The van der Waals surface area contributed by atoms with Crippen molar-refractivity contribution in [2.75, 3.05) is 6.54 Å². The van der Waals surface area contributed by atoms with Crippen molar-refractivity contribution in [1.82, 2.24) is 14.9 Å². The number of aromatic nitrogens is 2. The lowest BCUT2D eigenvalue weighted by atomic mass is 9.83. The average Bonchev–Trinajstić information content (AvgIpc) is 3.38. The summed E-state index contributed by atoms with van der Waals surface area (Å²) < 4.78 is 29.1. The molecule has 10 heteroatoms. The molecule has 2 N–H and O–H groups in total. The van der Waals surface area contributed by atoms with E-state index in [1.807, 2.05) is 26.0 Å². The van der Waals surface area contributed by atoms with Crippen molar-refractivity contribution in [3.63, 3.8) is 0 Å². The van der Waals surface area contributed by atoms with Gasteiger partial charge in [-0.15, -0.1) is 0 Å². The Kier molecular flexibility index (Phi) is 8.14. The molecular weight excluding hydrogens is 552 g/mol. The highest BCUT2D eigenvalue weighted by atomic mass is 32.2. The minimum absolute atomic E-state index is 0.124. The number of aromatic hydroxyl groups is 1. The second-order valence-corrected chi connectivity index (χ2v) is 12.4. The van der Waals surface area contributed by atoms with E-state index in [0.717, 1.165) is 17.6 Å². The predicted octanol–water partition coefficient (Wildman–Crippen LogP) is 4.47. The Hall–Kier alpha value is -4.49. The molecule has 1 aliphatic carbocycles. The molecule has 2 atom stereocenters. The molecule has 0 saturated carbocycles. The van der Waals surface area contributed by atoms with Gasteiger partial charge in [0.1, 0.15) is 5.82 Å². The molecule has 1 aliphatic heterocycles. The van der Waals surface area contributed by atoms with Crippen LogP contribution in [0.25, 0.3) is 0 Å². The van der Waals surface area contributed by atoms with Crippen molar-refractivity contribution in [3.05, 3.63) is 105 Å². The van der Waals surface area contributed by atoms with Gasteiger partial charge < -0.3 is 10.4 Å². The topological polar surface area (TPSA) is 142 Å². The van der Waals surface area contributed by atoms with Crippen LogP contribution >= 0.6 is 0 Å². The molecule has 5 rings (SSSR count). The van der Waals surface area contributed by atoms with Gasteiger partial charge in [-0.25, -0.2) is 8.42 Å². The van der Waals surface area contributed by atoms with Crippen LogP contribution in [0.4, 0.5) is 0 Å². The summed E-state index contributed by atoms with van der Waals surface area (Å²) in [5, 5.41) is 23.1. The molecule has 0 bridgehead atoms. The molecule has 1 unspecified atom stereocenters. The monoisotopic (exact) mass is 584 g/mol. The van der Waals surface area contributed by atoms with Gasteiger partial charge in [0.05, 0.1) is 22.6 Å². The Bertz CT molecular complexity index is 1810. The molecule has 1 aromatic heterocycles. The highest BCUT2D eigenvalue weighted by Crippen LogP contribution is 2.37. The number of aryl methyl sites for hydroxylation is 1. The summed E-state index contributed by atoms with van der Waals surface area (Å²) in [6.07, 6.45) is 6.82. The summed E-state index contributed by atoms with van der Waals surface area (Å²) in [5.41, 5.74) is 2.62. The molecule has 0 saturated heterocycles. The van der Waals surface area contributed by atoms with Crippen LogP contribution < -0.4 is 10.9 Å². The van der Waals surface area contributed by atoms with Crippen LogP contribution in [-0.4, -0.2) is 35.5 Å². The quantitative estimate of drug-likeness (QED) is 0.378. The van der Waals surface area contributed by atoms with Crippen molar-refractivity contribution < 1.29 is 18.3 Å². The van der Waals surface area contributed by atoms with Crippen LogP contribution in [0.5, 0.6) is 5.88 Å². The molecule has 216 valence electrons. The molecule has 2 aromatic carbocycles. The van der Waals surface area contributed by atoms with Crippen LogP contribution in [0, 0.1) is 11.3 Å². The fourth-order valence-electron chi connectivity index (χ4n) is 5.81. The molecule has 3 aromatic rings. The maximum absolute atomic E-state index is 14.1. The van der Waals surface area contributed by atoms with Crippen molar-refractivity contribution in [2.24, 2.45) is 0 Å². The smallest absolute Gasteiger partial charge is 0.277 e. The summed E-state index contributed by atoms with van der Waals surface area (Å²) in [6.45, 7) is 4.32. The number of hydrogen-bond acceptors (Lipinski definition) is 7. The van der Waals surface area contributed by atoms with E-state index >= 15 is 0 Å². The van der Waals surface area contributed by atoms with Gasteiger partial charge in [-0.1, -0.05) is 56.7 Å². The summed E-state index contributed by atoms with van der Waals surface area (Å²) in [5.74, 6) is -0.875. The third-order valence-corrected chi connectivity index (χ3v) is 9.70. The van der Waals surface area contributed by atoms with Gasteiger partial charge in [0, 0.05) is 24.5 Å². The SMILES string of the molecule is CCCCc1nc(O)c(S(=O)(=O)c2ccc(C3CC=CC4=C3C(=O)NC4)cc2)c(=O)n1[C@@H](CC)c1cccc(C#N)c1. The highest BCUT2D eigenvalue weighted by Gasteiger charge is 2.34. The Balaban J connectivity index is 1.59. The van der Waals surface area contributed by atoms with E-state index in [1.54, 1.807) is 36.4 Å². The van der Waals surface area contributed by atoms with E-state index in [1.165, 1.54) is 16.7 Å². The Labute approximate surface area is 244 Å². The molecule has 2 heterocycles. The number of nitrogens with zero attached hydrogens (tertiary/aromatic N) is 3. The number of rotatable bonds is 9. The van der Waals surface area contributed by atoms with Gasteiger partial charge in [-0.05, 0) is 60.2 Å². The number of carbonyl (C=O) groups is 1. The van der Waals surface area contributed by atoms with Crippen LogP contribution in [0.2, 0.25) is 0 Å². The zero-order valence-corrected chi connectivity index (χ0v) is 24.3. The summed E-state index contributed by atoms with van der Waals surface area (Å²) in [7, 11) is -4.48. The summed E-state index contributed by atoms with van der Waals surface area (Å²) in [4.78, 5) is 29.8. The maximum atomic E-state index is 14.1. The van der Waals surface area contributed by atoms with Crippen molar-refractivity contribution in [1.29, 1.82) is 5.26 Å². The molecule has 9 nitrogen and oxygen atoms in total. The number of sulfone groups is 1. The fourth-order valence-corrected chi connectivity index (χ4v) is 7.15. The van der Waals surface area contributed by atoms with Crippen molar-refractivity contribution in [2.45, 2.75) is 67.7 Å². The van der Waals surface area contributed by atoms with Gasteiger partial charge >= 0.3 is 0 Å². The standard InChI is InChI=1S/C32H32N4O5S/c1-3-5-12-27-35-31(38)29(32(39)36(27)26(4-2)22-9-6-8-20(17-22)18-33)42(40,41)24-15-13-21(14-16-24)25-11-7-10-23-19-34-30(37)28(23)25/h6-10,13-17,25-26,38H,3-5,11-12,19H2,1-2H3,(H,34,37)/t25?,26-/m0/s1. The minimum atomic E-state index is -4.48. The largest absolute Gasteiger partial charge is 0.492 e. The molecule has 1 amide bonds. The summed E-state index contributed by atoms with van der Waals surface area (Å²) >= 11 is 0. The molecular formula is C32H32N4O5S. The zero-order valence-electron chi connectivity index (χ0n) is 23.5. The van der Waals surface area contributed by atoms with Gasteiger partial charge in [0.2, 0.25) is 21.6 Å². The van der Waals surface area contributed by atoms with Crippen molar-refractivity contribution >= 4 is 15.7 Å². The van der Waals surface area contributed by atoms with Gasteiger partial charge in [0.25, 0.3) is 5.56 Å². The predicted molar refractivity (Wildman–Crippen MR) is 157 cm³/mol. The van der Waals surface area contributed by atoms with E-state index < -0.39 is 32.2 Å². The number of hydrogen-bond donors (Lipinski definition) is 2. The normalized spacial score (nSPS) is 17.1. The molecule has 0 radical (unpaired) electrons. The van der Waals surface area contributed by atoms with Gasteiger partial charge in [-0.2, -0.15) is 10.2 Å². The third-order valence-electron chi connectivity index (χ3n) is 7.91. The molecule has 2 aliphatic rings. The zero-order chi connectivity index (χ0) is 30.0. The second kappa shape index (κ2) is 11.8. The number of benzene rings is 2. The lowest BCUT2D eigenvalue weighted by Crippen LogP contribution is -2.33. The lowest BCUT2D eigenvalue weighted by molar-refractivity contribution is -0.116. The van der Waals surface area contributed by atoms with E-state index in [2.05, 4.69) is 16.4 Å². The van der Waals surface area contributed by atoms with Crippen LogP contribution in [0.15, 0.2) is 86.4 Å². The molecule has 0 spiro atoms. The fraction of sp³-hybridized carbons (Fsp3) is 0.312. The van der Waals surface area contributed by atoms with E-state index in [4.69, 9.17) is 0 Å². The maximum Gasteiger partial charge on any atom is 0.277 e. The summed E-state index contributed by atoms with van der Waals surface area (Å²) in [6, 6.07) is 14.4. The van der Waals surface area contributed by atoms with Crippen LogP contribution in [-0.2, 0) is 21.1 Å². The molecule has 42 heavy (non-hydrogen) atoms. The Morgan fingerprint density at radius 2 is 1.93 bits per heavy atom. The van der Waals surface area contributed by atoms with Crippen molar-refractivity contribution in [3.8, 4) is 11.9 Å². The number of allylic oxidation sites excluding steroid dienone is 1. The average molecular weight is 585 g/mol. The Morgan fingerprint density at radius 1 is 1.17 bits per heavy atom.